The van der Waals surface area contributed by atoms with Gasteiger partial charge in [0, 0.05) is 5.56 Å². The molecule has 0 atom stereocenters. The lowest BCUT2D eigenvalue weighted by Gasteiger charge is -2.22. The number of nitrogens with zero attached hydrogens (tertiary/aromatic N) is 1. The highest BCUT2D eigenvalue weighted by Gasteiger charge is 2.24. The van der Waals surface area contributed by atoms with Crippen LogP contribution in [-0.4, -0.2) is 4.98 Å². The van der Waals surface area contributed by atoms with E-state index in [9.17, 15) is 4.79 Å². The van der Waals surface area contributed by atoms with Gasteiger partial charge in [-0.05, 0) is 41.0 Å². The summed E-state index contributed by atoms with van der Waals surface area (Å²) in [6.07, 6.45) is 0. The maximum atomic E-state index is 12.9. The molecule has 0 bridgehead atoms. The van der Waals surface area contributed by atoms with Crippen molar-refractivity contribution in [3.8, 4) is 10.6 Å². The monoisotopic (exact) mass is 339 g/mol. The molecule has 3 heteroatoms. The van der Waals surface area contributed by atoms with Crippen molar-refractivity contribution >= 4 is 21.6 Å². The fourth-order valence-corrected chi connectivity index (χ4v) is 4.02. The second-order valence-electron chi connectivity index (χ2n) is 8.64. The van der Waals surface area contributed by atoms with Gasteiger partial charge in [0.05, 0.1) is 15.1 Å². The molecule has 24 heavy (non-hydrogen) atoms. The van der Waals surface area contributed by atoms with Gasteiger partial charge in [-0.2, -0.15) is 0 Å². The molecule has 0 amide bonds. The molecule has 0 radical (unpaired) electrons. The number of fused-ring (bicyclic) bond motifs is 2. The Bertz CT molecular complexity index is 955. The smallest absolute Gasteiger partial charge is 0.209 e. The SMILES string of the molecule is Cc1cc(C(C)(C)C)c(=O)c2nc3ccc(C(C)(C)C)cc3sc1-2. The maximum Gasteiger partial charge on any atom is 0.209 e. The van der Waals surface area contributed by atoms with E-state index in [4.69, 9.17) is 4.98 Å². The van der Waals surface area contributed by atoms with Crippen LogP contribution in [0.3, 0.4) is 0 Å². The lowest BCUT2D eigenvalue weighted by molar-refractivity contribution is 0.585. The summed E-state index contributed by atoms with van der Waals surface area (Å²) < 4.78 is 1.14. The van der Waals surface area contributed by atoms with Gasteiger partial charge in [-0.1, -0.05) is 53.7 Å². The van der Waals surface area contributed by atoms with Crippen LogP contribution in [0.4, 0.5) is 0 Å². The van der Waals surface area contributed by atoms with Crippen molar-refractivity contribution < 1.29 is 0 Å². The van der Waals surface area contributed by atoms with Crippen LogP contribution in [0, 0.1) is 6.92 Å². The predicted molar refractivity (Wildman–Crippen MR) is 105 cm³/mol. The molecule has 1 aliphatic heterocycles. The molecule has 0 fully saturated rings. The summed E-state index contributed by atoms with van der Waals surface area (Å²) in [7, 11) is 0. The van der Waals surface area contributed by atoms with Gasteiger partial charge in [0.2, 0.25) is 5.43 Å². The minimum atomic E-state index is -0.173. The highest BCUT2D eigenvalue weighted by molar-refractivity contribution is 7.21. The first-order chi connectivity index (χ1) is 11.0. The van der Waals surface area contributed by atoms with E-state index in [1.807, 2.05) is 12.1 Å². The lowest BCUT2D eigenvalue weighted by Crippen LogP contribution is -2.25. The summed E-state index contributed by atoms with van der Waals surface area (Å²) in [6.45, 7) is 15.0. The summed E-state index contributed by atoms with van der Waals surface area (Å²) in [5.41, 5.74) is 4.79. The average molecular weight is 340 g/mol. The molecule has 1 aromatic rings. The Morgan fingerprint density at radius 1 is 0.958 bits per heavy atom. The minimum absolute atomic E-state index is 0.0705. The van der Waals surface area contributed by atoms with Crippen molar-refractivity contribution in [3.63, 3.8) is 0 Å². The van der Waals surface area contributed by atoms with Gasteiger partial charge in [-0.25, -0.2) is 4.98 Å². The molecule has 0 spiro atoms. The van der Waals surface area contributed by atoms with Crippen molar-refractivity contribution in [1.29, 1.82) is 0 Å². The van der Waals surface area contributed by atoms with Gasteiger partial charge in [0.25, 0.3) is 0 Å². The largest absolute Gasteiger partial charge is 0.287 e. The summed E-state index contributed by atoms with van der Waals surface area (Å²) in [5, 5.41) is 0. The molecule has 0 saturated heterocycles. The average Bonchev–Trinajstić information content (AvgIpc) is 2.46. The zero-order chi connectivity index (χ0) is 17.9. The topological polar surface area (TPSA) is 30.0 Å². The number of aromatic nitrogens is 1. The standard InChI is InChI=1S/C21H25NOS/c1-12-10-14(21(5,6)7)18(23)17-19(12)24-16-11-13(20(2,3)4)8-9-15(16)22-17/h8-11H,1-7H3. The van der Waals surface area contributed by atoms with Crippen LogP contribution in [0.1, 0.15) is 58.2 Å². The van der Waals surface area contributed by atoms with E-state index >= 15 is 0 Å². The predicted octanol–water partition coefficient (Wildman–Crippen LogP) is 5.66. The normalized spacial score (nSPS) is 13.0. The lowest BCUT2D eigenvalue weighted by atomic mass is 9.85. The summed E-state index contributed by atoms with van der Waals surface area (Å²) in [5.74, 6) is 0. The first-order valence-electron chi connectivity index (χ1n) is 8.37. The Morgan fingerprint density at radius 3 is 2.21 bits per heavy atom. The van der Waals surface area contributed by atoms with Gasteiger partial charge in [0.1, 0.15) is 5.69 Å². The molecule has 2 aliphatic rings. The van der Waals surface area contributed by atoms with Crippen LogP contribution < -0.4 is 5.43 Å². The summed E-state index contributed by atoms with van der Waals surface area (Å²) in [4.78, 5) is 18.7. The minimum Gasteiger partial charge on any atom is -0.287 e. The first-order valence-corrected chi connectivity index (χ1v) is 9.19. The van der Waals surface area contributed by atoms with E-state index in [2.05, 4.69) is 60.6 Å². The first kappa shape index (κ1) is 17.1. The fourth-order valence-electron chi connectivity index (χ4n) is 2.94. The van der Waals surface area contributed by atoms with Crippen molar-refractivity contribution in [3.05, 3.63) is 51.2 Å². The second-order valence-corrected chi connectivity index (χ2v) is 9.70. The molecule has 0 unspecified atom stereocenters. The van der Waals surface area contributed by atoms with Gasteiger partial charge < -0.3 is 0 Å². The summed E-state index contributed by atoms with van der Waals surface area (Å²) in [6, 6.07) is 8.43. The molecule has 3 rings (SSSR count). The summed E-state index contributed by atoms with van der Waals surface area (Å²) >= 11 is 1.68. The van der Waals surface area contributed by atoms with E-state index in [-0.39, 0.29) is 16.3 Å². The molecule has 1 aromatic carbocycles. The van der Waals surface area contributed by atoms with Crippen LogP contribution in [0.2, 0.25) is 0 Å². The zero-order valence-corrected chi connectivity index (χ0v) is 16.4. The van der Waals surface area contributed by atoms with Crippen LogP contribution >= 0.6 is 11.3 Å². The van der Waals surface area contributed by atoms with E-state index < -0.39 is 0 Å². The Kier molecular flexibility index (Phi) is 3.83. The quantitative estimate of drug-likeness (QED) is 0.494. The molecule has 126 valence electrons. The maximum absolute atomic E-state index is 12.9. The molecule has 0 N–H and O–H groups in total. The molecular weight excluding hydrogens is 314 g/mol. The number of hydrogen-bond acceptors (Lipinski definition) is 3. The van der Waals surface area contributed by atoms with Crippen molar-refractivity contribution in [2.24, 2.45) is 0 Å². The van der Waals surface area contributed by atoms with E-state index in [0.29, 0.717) is 5.69 Å². The number of rotatable bonds is 0. The zero-order valence-electron chi connectivity index (χ0n) is 15.6. The Labute approximate surface area is 147 Å². The number of hydrogen-bond donors (Lipinski definition) is 0. The molecule has 0 aromatic heterocycles. The second kappa shape index (κ2) is 5.38. The molecular formula is C21H25NOS. The molecule has 1 heterocycles. The van der Waals surface area contributed by atoms with E-state index in [1.165, 1.54) is 5.56 Å². The van der Waals surface area contributed by atoms with E-state index in [0.717, 1.165) is 26.2 Å². The van der Waals surface area contributed by atoms with Crippen LogP contribution in [0.5, 0.6) is 0 Å². The molecule has 0 saturated carbocycles. The van der Waals surface area contributed by atoms with Gasteiger partial charge in [-0.15, -0.1) is 11.3 Å². The number of aryl methyl sites for hydroxylation is 1. The van der Waals surface area contributed by atoms with Gasteiger partial charge in [-0.3, -0.25) is 4.79 Å². The van der Waals surface area contributed by atoms with E-state index in [1.54, 1.807) is 11.3 Å². The Morgan fingerprint density at radius 2 is 1.62 bits per heavy atom. The van der Waals surface area contributed by atoms with Crippen LogP contribution in [-0.2, 0) is 10.8 Å². The highest BCUT2D eigenvalue weighted by atomic mass is 32.1. The third-order valence-corrected chi connectivity index (χ3v) is 5.74. The molecule has 2 nitrogen and oxygen atoms in total. The van der Waals surface area contributed by atoms with Crippen molar-refractivity contribution in [2.75, 3.05) is 0 Å². The third-order valence-electron chi connectivity index (χ3n) is 4.47. The highest BCUT2D eigenvalue weighted by Crippen LogP contribution is 2.35. The van der Waals surface area contributed by atoms with Crippen LogP contribution in [0.25, 0.3) is 20.8 Å². The Balaban J connectivity index is 2.37. The fraction of sp³-hybridized carbons (Fsp3) is 0.429. The van der Waals surface area contributed by atoms with Gasteiger partial charge >= 0.3 is 0 Å². The number of benzene rings is 2. The van der Waals surface area contributed by atoms with Crippen molar-refractivity contribution in [2.45, 2.75) is 59.3 Å². The molecule has 1 aliphatic carbocycles. The third kappa shape index (κ3) is 2.86. The van der Waals surface area contributed by atoms with Crippen molar-refractivity contribution in [1.82, 2.24) is 4.98 Å². The van der Waals surface area contributed by atoms with Crippen LogP contribution in [0.15, 0.2) is 29.1 Å². The Hall–Kier alpha value is -1.74. The van der Waals surface area contributed by atoms with Gasteiger partial charge in [0.15, 0.2) is 0 Å².